The summed E-state index contributed by atoms with van der Waals surface area (Å²) < 4.78 is 5.70. The van der Waals surface area contributed by atoms with Crippen molar-refractivity contribution in [1.82, 2.24) is 20.1 Å². The van der Waals surface area contributed by atoms with Gasteiger partial charge in [-0.25, -0.2) is 0 Å². The number of fused-ring (bicyclic) bond motifs is 4. The Morgan fingerprint density at radius 1 is 0.944 bits per heavy atom. The van der Waals surface area contributed by atoms with Crippen LogP contribution in [0.5, 0.6) is 0 Å². The Hall–Kier alpha value is -5.76. The van der Waals surface area contributed by atoms with Gasteiger partial charge >= 0.3 is 0 Å². The van der Waals surface area contributed by atoms with Crippen LogP contribution >= 0.6 is 0 Å². The molecule has 5 amide bonds. The van der Waals surface area contributed by atoms with Gasteiger partial charge in [0.25, 0.3) is 11.8 Å². The van der Waals surface area contributed by atoms with Gasteiger partial charge in [0.15, 0.2) is 0 Å². The summed E-state index contributed by atoms with van der Waals surface area (Å²) in [4.78, 5) is 71.1. The maximum Gasteiger partial charge on any atom is 0.262 e. The van der Waals surface area contributed by atoms with Crippen molar-refractivity contribution in [3.05, 3.63) is 113 Å². The van der Waals surface area contributed by atoms with Crippen LogP contribution in [0.4, 0.5) is 11.4 Å². The molecular formula is C41H40N6O7. The minimum atomic E-state index is -1.04. The largest absolute Gasteiger partial charge is 0.394 e. The summed E-state index contributed by atoms with van der Waals surface area (Å²) in [5.41, 5.74) is 6.98. The van der Waals surface area contributed by atoms with Crippen molar-refractivity contribution in [2.75, 3.05) is 37.0 Å². The van der Waals surface area contributed by atoms with Crippen LogP contribution in [-0.4, -0.2) is 87.9 Å². The van der Waals surface area contributed by atoms with E-state index in [0.717, 1.165) is 41.2 Å². The van der Waals surface area contributed by atoms with E-state index >= 15 is 0 Å². The molecular weight excluding hydrogens is 688 g/mol. The number of imide groups is 2. The minimum absolute atomic E-state index is 0.0212. The second-order valence-electron chi connectivity index (χ2n) is 14.2. The Labute approximate surface area is 311 Å². The lowest BCUT2D eigenvalue weighted by atomic mass is 9.82. The quantitative estimate of drug-likeness (QED) is 0.132. The third-order valence-electron chi connectivity index (χ3n) is 10.9. The van der Waals surface area contributed by atoms with E-state index < -0.39 is 29.7 Å². The number of benzene rings is 3. The Balaban J connectivity index is 0.900. The summed E-state index contributed by atoms with van der Waals surface area (Å²) in [5, 5.41) is 18.9. The Kier molecular flexibility index (Phi) is 9.76. The first-order chi connectivity index (χ1) is 26.3. The number of carbonyl (C=O) groups is 5. The highest BCUT2D eigenvalue weighted by Crippen LogP contribution is 2.48. The van der Waals surface area contributed by atoms with Gasteiger partial charge in [-0.1, -0.05) is 30.3 Å². The number of anilines is 2. The van der Waals surface area contributed by atoms with E-state index in [1.807, 2.05) is 48.8 Å². The van der Waals surface area contributed by atoms with Crippen LogP contribution in [0.25, 0.3) is 11.1 Å². The van der Waals surface area contributed by atoms with E-state index in [1.54, 1.807) is 18.2 Å². The predicted molar refractivity (Wildman–Crippen MR) is 198 cm³/mol. The average Bonchev–Trinajstić information content (AvgIpc) is 3.71. The zero-order valence-corrected chi connectivity index (χ0v) is 29.5. The number of aliphatic hydroxyl groups excluding tert-OH is 1. The summed E-state index contributed by atoms with van der Waals surface area (Å²) in [6.45, 7) is 1.68. The molecule has 54 heavy (non-hydrogen) atoms. The number of hydrogen-bond donors (Lipinski definition) is 4. The summed E-state index contributed by atoms with van der Waals surface area (Å²) in [6.07, 6.45) is 5.00. The number of aliphatic hydroxyl groups is 1. The maximum atomic E-state index is 13.4. The molecule has 4 aliphatic heterocycles. The SMILES string of the molecule is O=C1CCC(N2C(=O)c3cccc(CCOCC(=O)Nc4cccc(-c5ccc6c(c5)[C@H]5[C@H](CCN5Cc5ccncc5)[C@@H](CO)N6)c4)c3C2=O)C(=O)N1. The second kappa shape index (κ2) is 14.9. The highest BCUT2D eigenvalue weighted by atomic mass is 16.5. The standard InChI is InChI=1S/C41H40N6O7/c48-22-33-29-13-17-46(21-24-11-15-42-16-12-24)38(29)31-20-27(7-8-32(31)44-33)26-4-1-5-28(19-26)43-36(50)23-54-18-14-25-3-2-6-30-37(25)41(53)47(40(30)52)34-9-10-35(49)45-39(34)51/h1-8,11-12,15-16,19-20,29,33-34,38,44,48H,9-10,13-14,17-18,21-23H2,(H,43,50)(H,45,49,51)/t29-,33-,34?,38-/m1/s1. The molecule has 5 heterocycles. The second-order valence-corrected chi connectivity index (χ2v) is 14.2. The normalized spacial score (nSPS) is 22.0. The lowest BCUT2D eigenvalue weighted by Crippen LogP contribution is -2.54. The molecule has 2 fully saturated rings. The smallest absolute Gasteiger partial charge is 0.262 e. The Morgan fingerprint density at radius 3 is 2.57 bits per heavy atom. The average molecular weight is 729 g/mol. The van der Waals surface area contributed by atoms with E-state index in [0.29, 0.717) is 11.3 Å². The number of hydrogen-bond acceptors (Lipinski definition) is 10. The third kappa shape index (κ3) is 6.77. The summed E-state index contributed by atoms with van der Waals surface area (Å²) in [5.74, 6) is -2.31. The molecule has 0 saturated carbocycles. The number of likely N-dealkylation sites (tertiary alicyclic amines) is 1. The summed E-state index contributed by atoms with van der Waals surface area (Å²) in [6, 6.07) is 22.1. The molecule has 13 nitrogen and oxygen atoms in total. The summed E-state index contributed by atoms with van der Waals surface area (Å²) in [7, 11) is 0. The molecule has 2 saturated heterocycles. The lowest BCUT2D eigenvalue weighted by molar-refractivity contribution is -0.136. The van der Waals surface area contributed by atoms with Gasteiger partial charge in [-0.3, -0.25) is 44.1 Å². The van der Waals surface area contributed by atoms with Crippen LogP contribution in [-0.2, 0) is 32.1 Å². The van der Waals surface area contributed by atoms with Crippen LogP contribution < -0.4 is 16.0 Å². The number of piperidine rings is 1. The van der Waals surface area contributed by atoms with Gasteiger partial charge in [0.05, 0.1) is 30.4 Å². The number of rotatable bonds is 11. The van der Waals surface area contributed by atoms with E-state index in [9.17, 15) is 29.1 Å². The molecule has 0 spiro atoms. The third-order valence-corrected chi connectivity index (χ3v) is 10.9. The van der Waals surface area contributed by atoms with Gasteiger partial charge < -0.3 is 20.5 Å². The van der Waals surface area contributed by atoms with Crippen molar-refractivity contribution in [3.63, 3.8) is 0 Å². The molecule has 3 aromatic carbocycles. The van der Waals surface area contributed by atoms with E-state index in [-0.39, 0.29) is 74.1 Å². The number of nitrogens with zero attached hydrogens (tertiary/aromatic N) is 3. The molecule has 0 radical (unpaired) electrons. The van der Waals surface area contributed by atoms with Gasteiger partial charge in [0.1, 0.15) is 12.6 Å². The Morgan fingerprint density at radius 2 is 1.76 bits per heavy atom. The molecule has 1 aromatic heterocycles. The highest BCUT2D eigenvalue weighted by molar-refractivity contribution is 6.24. The van der Waals surface area contributed by atoms with Crippen LogP contribution in [0.2, 0.25) is 0 Å². The first kappa shape index (κ1) is 35.3. The molecule has 0 bridgehead atoms. The molecule has 1 unspecified atom stereocenters. The molecule has 276 valence electrons. The number of nitrogens with one attached hydrogen (secondary N) is 3. The van der Waals surface area contributed by atoms with Crippen molar-refractivity contribution in [2.24, 2.45) is 5.92 Å². The molecule has 4 aromatic rings. The van der Waals surface area contributed by atoms with Crippen LogP contribution in [0.1, 0.15) is 62.7 Å². The van der Waals surface area contributed by atoms with Gasteiger partial charge in [0.2, 0.25) is 17.7 Å². The van der Waals surface area contributed by atoms with Crippen LogP contribution in [0, 0.1) is 5.92 Å². The zero-order chi connectivity index (χ0) is 37.3. The first-order valence-corrected chi connectivity index (χ1v) is 18.2. The van der Waals surface area contributed by atoms with Gasteiger partial charge in [0, 0.05) is 48.7 Å². The van der Waals surface area contributed by atoms with Crippen LogP contribution in [0.15, 0.2) is 85.2 Å². The monoisotopic (exact) mass is 728 g/mol. The number of pyridine rings is 1. The number of ether oxygens (including phenoxy) is 1. The zero-order valence-electron chi connectivity index (χ0n) is 29.5. The number of aromatic nitrogens is 1. The van der Waals surface area contributed by atoms with Crippen molar-refractivity contribution in [3.8, 4) is 11.1 Å². The maximum absolute atomic E-state index is 13.4. The van der Waals surface area contributed by atoms with E-state index in [1.165, 1.54) is 11.1 Å². The Bertz CT molecular complexity index is 2140. The number of amides is 5. The fourth-order valence-electron chi connectivity index (χ4n) is 8.35. The first-order valence-electron chi connectivity index (χ1n) is 18.2. The van der Waals surface area contributed by atoms with Crippen molar-refractivity contribution >= 4 is 40.9 Å². The van der Waals surface area contributed by atoms with E-state index in [2.05, 4.69) is 44.0 Å². The minimum Gasteiger partial charge on any atom is -0.394 e. The highest BCUT2D eigenvalue weighted by Gasteiger charge is 2.46. The van der Waals surface area contributed by atoms with Crippen molar-refractivity contribution in [2.45, 2.75) is 50.4 Å². The van der Waals surface area contributed by atoms with Gasteiger partial charge in [-0.2, -0.15) is 0 Å². The predicted octanol–water partition coefficient (Wildman–Crippen LogP) is 3.70. The molecule has 4 atom stereocenters. The molecule has 4 N–H and O–H groups in total. The van der Waals surface area contributed by atoms with Crippen molar-refractivity contribution in [1.29, 1.82) is 0 Å². The van der Waals surface area contributed by atoms with Gasteiger partial charge in [-0.15, -0.1) is 0 Å². The molecule has 4 aliphatic rings. The van der Waals surface area contributed by atoms with Gasteiger partial charge in [-0.05, 0) is 96.1 Å². The topological polar surface area (TPSA) is 170 Å². The fourth-order valence-corrected chi connectivity index (χ4v) is 8.35. The fraction of sp³-hybridized carbons (Fsp3) is 0.317. The lowest BCUT2D eigenvalue weighted by Gasteiger charge is -2.39. The van der Waals surface area contributed by atoms with Crippen molar-refractivity contribution < 1.29 is 33.8 Å². The number of carbonyl (C=O) groups excluding carboxylic acids is 5. The molecule has 8 rings (SSSR count). The van der Waals surface area contributed by atoms with Crippen LogP contribution in [0.3, 0.4) is 0 Å². The molecule has 13 heteroatoms. The molecule has 0 aliphatic carbocycles. The van der Waals surface area contributed by atoms with E-state index in [4.69, 9.17) is 4.74 Å². The summed E-state index contributed by atoms with van der Waals surface area (Å²) >= 11 is 0.